The number of nitrogens with two attached hydrogens (primary N) is 1. The molecule has 0 aliphatic carbocycles. The number of unbranched alkanes of at least 4 members (excludes halogenated alkanes) is 1. The molecule has 0 amide bonds. The monoisotopic (exact) mass is 197 g/mol. The van der Waals surface area contributed by atoms with Crippen LogP contribution in [0.1, 0.15) is 24.0 Å². The van der Waals surface area contributed by atoms with Crippen molar-refractivity contribution in [2.45, 2.75) is 26.2 Å². The Hall–Kier alpha value is -0.530. The van der Waals surface area contributed by atoms with E-state index < -0.39 is 0 Å². The molecule has 0 saturated heterocycles. The molecule has 1 rings (SSSR count). The standard InChI is InChI=1S/C11H16ClN/c1-9-5-6-11(12)8-10(9)4-2-3-7-13/h5-6,8H,2-4,7,13H2,1H3. The highest BCUT2D eigenvalue weighted by Crippen LogP contribution is 2.17. The molecule has 0 spiro atoms. The molecule has 0 aromatic heterocycles. The molecule has 0 aliphatic rings. The second kappa shape index (κ2) is 5.25. The Morgan fingerprint density at radius 3 is 2.77 bits per heavy atom. The Labute approximate surface area is 84.9 Å². The number of halogens is 1. The van der Waals surface area contributed by atoms with Crippen LogP contribution in [0.5, 0.6) is 0 Å². The lowest BCUT2D eigenvalue weighted by Gasteiger charge is -2.05. The number of hydrogen-bond donors (Lipinski definition) is 1. The van der Waals surface area contributed by atoms with Crippen LogP contribution in [0, 0.1) is 6.92 Å². The van der Waals surface area contributed by atoms with Gasteiger partial charge in [-0.1, -0.05) is 17.7 Å². The van der Waals surface area contributed by atoms with Gasteiger partial charge in [0.15, 0.2) is 0 Å². The molecule has 72 valence electrons. The summed E-state index contributed by atoms with van der Waals surface area (Å²) in [5.74, 6) is 0. The smallest absolute Gasteiger partial charge is 0.0408 e. The van der Waals surface area contributed by atoms with Gasteiger partial charge in [-0.25, -0.2) is 0 Å². The van der Waals surface area contributed by atoms with Crippen molar-refractivity contribution in [1.82, 2.24) is 0 Å². The summed E-state index contributed by atoms with van der Waals surface area (Å²) >= 11 is 5.90. The zero-order chi connectivity index (χ0) is 9.68. The maximum Gasteiger partial charge on any atom is 0.0408 e. The molecule has 0 bridgehead atoms. The minimum Gasteiger partial charge on any atom is -0.330 e. The number of hydrogen-bond acceptors (Lipinski definition) is 1. The molecule has 0 fully saturated rings. The summed E-state index contributed by atoms with van der Waals surface area (Å²) in [6.45, 7) is 2.90. The normalized spacial score (nSPS) is 10.4. The molecular weight excluding hydrogens is 182 g/mol. The molecule has 0 atom stereocenters. The van der Waals surface area contributed by atoms with Crippen LogP contribution in [0.2, 0.25) is 5.02 Å². The van der Waals surface area contributed by atoms with Gasteiger partial charge in [0.2, 0.25) is 0 Å². The lowest BCUT2D eigenvalue weighted by molar-refractivity contribution is 0.742. The van der Waals surface area contributed by atoms with Gasteiger partial charge < -0.3 is 5.73 Å². The Morgan fingerprint density at radius 1 is 1.31 bits per heavy atom. The minimum absolute atomic E-state index is 0.777. The van der Waals surface area contributed by atoms with Gasteiger partial charge in [0, 0.05) is 5.02 Å². The van der Waals surface area contributed by atoms with Crippen molar-refractivity contribution in [1.29, 1.82) is 0 Å². The predicted molar refractivity (Wildman–Crippen MR) is 58.2 cm³/mol. The van der Waals surface area contributed by atoms with E-state index in [0.29, 0.717) is 0 Å². The molecule has 0 saturated carbocycles. The van der Waals surface area contributed by atoms with Crippen molar-refractivity contribution in [2.75, 3.05) is 6.54 Å². The fraction of sp³-hybridized carbons (Fsp3) is 0.455. The van der Waals surface area contributed by atoms with Crippen LogP contribution in [0.3, 0.4) is 0 Å². The van der Waals surface area contributed by atoms with Gasteiger partial charge in [0.05, 0.1) is 0 Å². The van der Waals surface area contributed by atoms with Crippen LogP contribution >= 0.6 is 11.6 Å². The molecule has 0 radical (unpaired) electrons. The second-order valence-corrected chi connectivity index (χ2v) is 3.75. The van der Waals surface area contributed by atoms with Crippen LogP contribution in [-0.4, -0.2) is 6.54 Å². The molecule has 13 heavy (non-hydrogen) atoms. The van der Waals surface area contributed by atoms with Gasteiger partial charge in [-0.05, 0) is 56.0 Å². The first-order valence-corrected chi connectivity index (χ1v) is 5.07. The van der Waals surface area contributed by atoms with E-state index in [9.17, 15) is 0 Å². The minimum atomic E-state index is 0.777. The van der Waals surface area contributed by atoms with Crippen molar-refractivity contribution < 1.29 is 0 Å². The van der Waals surface area contributed by atoms with E-state index in [-0.39, 0.29) is 0 Å². The van der Waals surface area contributed by atoms with Gasteiger partial charge in [0.25, 0.3) is 0 Å². The third kappa shape index (κ3) is 3.37. The highest BCUT2D eigenvalue weighted by molar-refractivity contribution is 6.30. The molecule has 2 heteroatoms. The van der Waals surface area contributed by atoms with E-state index in [1.165, 1.54) is 11.1 Å². The quantitative estimate of drug-likeness (QED) is 0.739. The zero-order valence-electron chi connectivity index (χ0n) is 8.02. The fourth-order valence-corrected chi connectivity index (χ4v) is 1.56. The lowest BCUT2D eigenvalue weighted by Crippen LogP contribution is -1.99. The van der Waals surface area contributed by atoms with E-state index in [1.54, 1.807) is 0 Å². The third-order valence-electron chi connectivity index (χ3n) is 2.21. The predicted octanol–water partition coefficient (Wildman–Crippen LogP) is 2.93. The molecule has 2 N–H and O–H groups in total. The average molecular weight is 198 g/mol. The second-order valence-electron chi connectivity index (χ2n) is 3.32. The van der Waals surface area contributed by atoms with Gasteiger partial charge in [0.1, 0.15) is 0 Å². The highest BCUT2D eigenvalue weighted by Gasteiger charge is 1.98. The largest absolute Gasteiger partial charge is 0.330 e. The molecule has 1 aromatic rings. The van der Waals surface area contributed by atoms with Gasteiger partial charge in [-0.3, -0.25) is 0 Å². The first kappa shape index (κ1) is 10.6. The van der Waals surface area contributed by atoms with Crippen LogP contribution in [0.4, 0.5) is 0 Å². The number of benzene rings is 1. The summed E-state index contributed by atoms with van der Waals surface area (Å²) in [7, 11) is 0. The molecule has 1 aromatic carbocycles. The topological polar surface area (TPSA) is 26.0 Å². The fourth-order valence-electron chi connectivity index (χ4n) is 1.37. The number of rotatable bonds is 4. The van der Waals surface area contributed by atoms with Crippen LogP contribution in [0.25, 0.3) is 0 Å². The summed E-state index contributed by atoms with van der Waals surface area (Å²) in [6.07, 6.45) is 3.33. The maximum absolute atomic E-state index is 5.90. The molecule has 1 nitrogen and oxygen atoms in total. The summed E-state index contributed by atoms with van der Waals surface area (Å²) in [5, 5.41) is 0.827. The van der Waals surface area contributed by atoms with E-state index in [0.717, 1.165) is 30.8 Å². The van der Waals surface area contributed by atoms with Crippen molar-refractivity contribution in [3.05, 3.63) is 34.3 Å². The summed E-state index contributed by atoms with van der Waals surface area (Å²) in [4.78, 5) is 0. The molecule has 0 heterocycles. The van der Waals surface area contributed by atoms with Crippen molar-refractivity contribution in [3.63, 3.8) is 0 Å². The van der Waals surface area contributed by atoms with Crippen LogP contribution in [0.15, 0.2) is 18.2 Å². The Bertz CT molecular complexity index is 271. The highest BCUT2D eigenvalue weighted by atomic mass is 35.5. The first-order chi connectivity index (χ1) is 6.24. The van der Waals surface area contributed by atoms with Crippen molar-refractivity contribution >= 4 is 11.6 Å². The van der Waals surface area contributed by atoms with E-state index >= 15 is 0 Å². The summed E-state index contributed by atoms with van der Waals surface area (Å²) in [6, 6.07) is 6.05. The summed E-state index contributed by atoms with van der Waals surface area (Å²) in [5.41, 5.74) is 8.10. The lowest BCUT2D eigenvalue weighted by atomic mass is 10.0. The van der Waals surface area contributed by atoms with Crippen molar-refractivity contribution in [2.24, 2.45) is 5.73 Å². The zero-order valence-corrected chi connectivity index (χ0v) is 8.77. The van der Waals surface area contributed by atoms with Gasteiger partial charge in [-0.15, -0.1) is 0 Å². The van der Waals surface area contributed by atoms with E-state index in [4.69, 9.17) is 17.3 Å². The SMILES string of the molecule is Cc1ccc(Cl)cc1CCCCN. The van der Waals surface area contributed by atoms with Crippen molar-refractivity contribution in [3.8, 4) is 0 Å². The van der Waals surface area contributed by atoms with E-state index in [1.807, 2.05) is 12.1 Å². The van der Waals surface area contributed by atoms with Crippen LogP contribution < -0.4 is 5.73 Å². The third-order valence-corrected chi connectivity index (χ3v) is 2.45. The molecule has 0 unspecified atom stereocenters. The molecular formula is C11H16ClN. The van der Waals surface area contributed by atoms with Gasteiger partial charge in [-0.2, -0.15) is 0 Å². The number of aryl methyl sites for hydroxylation is 2. The molecule has 0 aliphatic heterocycles. The Morgan fingerprint density at radius 2 is 2.08 bits per heavy atom. The first-order valence-electron chi connectivity index (χ1n) is 4.69. The Kier molecular flexibility index (Phi) is 4.26. The van der Waals surface area contributed by atoms with E-state index in [2.05, 4.69) is 13.0 Å². The Balaban J connectivity index is 2.59. The summed E-state index contributed by atoms with van der Waals surface area (Å²) < 4.78 is 0. The maximum atomic E-state index is 5.90. The van der Waals surface area contributed by atoms with Crippen LogP contribution in [-0.2, 0) is 6.42 Å². The average Bonchev–Trinajstić information content (AvgIpc) is 2.11. The van der Waals surface area contributed by atoms with Gasteiger partial charge >= 0.3 is 0 Å².